The molecule has 1 aromatic heterocycles. The molecule has 2 aromatic carbocycles. The number of hydrogen-bond donors (Lipinski definition) is 1. The average molecular weight is 433 g/mol. The number of amides is 3. The lowest BCUT2D eigenvalue weighted by atomic mass is 10.2. The number of nitrogens with zero attached hydrogens (tertiary/aromatic N) is 2. The molecule has 162 valence electrons. The number of nitrogens with one attached hydrogen (secondary N) is 1. The number of urea groups is 1. The van der Waals surface area contributed by atoms with Gasteiger partial charge in [0.15, 0.2) is 11.5 Å². The van der Waals surface area contributed by atoms with E-state index in [0.717, 1.165) is 27.5 Å². The Balaban J connectivity index is 1.44. The third-order valence-electron chi connectivity index (χ3n) is 5.63. The van der Waals surface area contributed by atoms with Gasteiger partial charge in [-0.1, -0.05) is 18.2 Å². The second kappa shape index (κ2) is 7.56. The fraction of sp³-hybridized carbons (Fsp3) is 0.167. The lowest BCUT2D eigenvalue weighted by Crippen LogP contribution is -2.30. The Bertz CT molecular complexity index is 1290. The number of fused-ring (bicyclic) bond motifs is 1. The van der Waals surface area contributed by atoms with Crippen LogP contribution in [0.15, 0.2) is 54.2 Å². The summed E-state index contributed by atoms with van der Waals surface area (Å²) in [6.45, 7) is 3.96. The summed E-state index contributed by atoms with van der Waals surface area (Å²) < 4.78 is 26.9. The standard InChI is InChI=1S/C24H20FN3O4/c1-14-9-17(15(2)28(14)18-7-8-21-22(11-18)32-13-31-21)10-20-23(29)27(24(30)26-20)12-16-5-3-4-6-19(16)25/h3-11H,12-13H2,1-2H3,(H,26,30). The zero-order valence-corrected chi connectivity index (χ0v) is 17.5. The van der Waals surface area contributed by atoms with Gasteiger partial charge in [-0.15, -0.1) is 0 Å². The maximum absolute atomic E-state index is 14.0. The molecule has 0 unspecified atom stereocenters. The zero-order valence-electron chi connectivity index (χ0n) is 17.5. The van der Waals surface area contributed by atoms with Crippen LogP contribution in [0.3, 0.4) is 0 Å². The summed E-state index contributed by atoms with van der Waals surface area (Å²) in [5.74, 6) is 0.425. The maximum atomic E-state index is 14.0. The third kappa shape index (κ3) is 3.30. The number of imide groups is 1. The van der Waals surface area contributed by atoms with Crippen molar-refractivity contribution in [3.05, 3.63) is 82.6 Å². The fourth-order valence-corrected chi connectivity index (χ4v) is 4.02. The third-order valence-corrected chi connectivity index (χ3v) is 5.63. The quantitative estimate of drug-likeness (QED) is 0.498. The number of rotatable bonds is 4. The molecule has 0 radical (unpaired) electrons. The molecule has 1 saturated heterocycles. The van der Waals surface area contributed by atoms with Crippen molar-refractivity contribution < 1.29 is 23.5 Å². The Morgan fingerprint density at radius 2 is 1.84 bits per heavy atom. The first kappa shape index (κ1) is 19.9. The van der Waals surface area contributed by atoms with Gasteiger partial charge in [0.05, 0.1) is 6.54 Å². The minimum Gasteiger partial charge on any atom is -0.454 e. The van der Waals surface area contributed by atoms with Gasteiger partial charge in [0.25, 0.3) is 5.91 Å². The highest BCUT2D eigenvalue weighted by atomic mass is 19.1. The fourth-order valence-electron chi connectivity index (χ4n) is 4.02. The molecule has 0 aliphatic carbocycles. The summed E-state index contributed by atoms with van der Waals surface area (Å²) in [7, 11) is 0. The molecule has 3 heterocycles. The molecule has 8 heteroatoms. The largest absolute Gasteiger partial charge is 0.454 e. The molecule has 1 fully saturated rings. The topological polar surface area (TPSA) is 72.8 Å². The van der Waals surface area contributed by atoms with Crippen molar-refractivity contribution in [1.29, 1.82) is 0 Å². The Kier molecular flexibility index (Phi) is 4.70. The average Bonchev–Trinajstić information content (AvgIpc) is 3.42. The van der Waals surface area contributed by atoms with E-state index in [1.54, 1.807) is 24.3 Å². The molecule has 7 nitrogen and oxygen atoms in total. The minimum atomic E-state index is -0.575. The van der Waals surface area contributed by atoms with Crippen molar-refractivity contribution in [1.82, 2.24) is 14.8 Å². The van der Waals surface area contributed by atoms with Crippen LogP contribution in [0, 0.1) is 19.7 Å². The molecule has 3 amide bonds. The van der Waals surface area contributed by atoms with Gasteiger partial charge >= 0.3 is 6.03 Å². The summed E-state index contributed by atoms with van der Waals surface area (Å²) in [6.07, 6.45) is 1.65. The molecule has 5 rings (SSSR count). The molecular formula is C24H20FN3O4. The second-order valence-corrected chi connectivity index (χ2v) is 7.67. The number of aromatic nitrogens is 1. The monoisotopic (exact) mass is 433 g/mol. The SMILES string of the molecule is Cc1cc(C=C2NC(=O)N(Cc3ccccc3F)C2=O)c(C)n1-c1ccc2c(c1)OCO2. The maximum Gasteiger partial charge on any atom is 0.329 e. The molecule has 0 spiro atoms. The van der Waals surface area contributed by atoms with Gasteiger partial charge < -0.3 is 19.4 Å². The Hall–Kier alpha value is -4.07. The molecule has 0 bridgehead atoms. The summed E-state index contributed by atoms with van der Waals surface area (Å²) in [6, 6.07) is 13.1. The Morgan fingerprint density at radius 1 is 1.06 bits per heavy atom. The van der Waals surface area contributed by atoms with Crippen molar-refractivity contribution in [3.63, 3.8) is 0 Å². The molecule has 32 heavy (non-hydrogen) atoms. The lowest BCUT2D eigenvalue weighted by Gasteiger charge is -2.12. The molecule has 2 aliphatic heterocycles. The van der Waals surface area contributed by atoms with E-state index in [-0.39, 0.29) is 24.6 Å². The van der Waals surface area contributed by atoms with Crippen LogP contribution in [0.25, 0.3) is 11.8 Å². The molecular weight excluding hydrogens is 413 g/mol. The van der Waals surface area contributed by atoms with Crippen molar-refractivity contribution in [3.8, 4) is 17.2 Å². The molecule has 0 atom stereocenters. The van der Waals surface area contributed by atoms with Gasteiger partial charge in [0, 0.05) is 28.7 Å². The van der Waals surface area contributed by atoms with Crippen molar-refractivity contribution in [2.45, 2.75) is 20.4 Å². The van der Waals surface area contributed by atoms with Crippen molar-refractivity contribution in [2.24, 2.45) is 0 Å². The van der Waals surface area contributed by atoms with E-state index in [2.05, 4.69) is 5.32 Å². The summed E-state index contributed by atoms with van der Waals surface area (Å²) in [5.41, 5.74) is 3.96. The summed E-state index contributed by atoms with van der Waals surface area (Å²) in [4.78, 5) is 26.2. The number of benzene rings is 2. The van der Waals surface area contributed by atoms with Crippen LogP contribution in [0.1, 0.15) is 22.5 Å². The van der Waals surface area contributed by atoms with Gasteiger partial charge in [-0.25, -0.2) is 9.18 Å². The van der Waals surface area contributed by atoms with Crippen LogP contribution in [0.4, 0.5) is 9.18 Å². The minimum absolute atomic E-state index is 0.134. The highest BCUT2D eigenvalue weighted by Gasteiger charge is 2.34. The molecule has 0 saturated carbocycles. The van der Waals surface area contributed by atoms with Crippen LogP contribution in [-0.2, 0) is 11.3 Å². The lowest BCUT2D eigenvalue weighted by molar-refractivity contribution is -0.123. The Morgan fingerprint density at radius 3 is 2.66 bits per heavy atom. The van der Waals surface area contributed by atoms with Gasteiger partial charge in [0.2, 0.25) is 6.79 Å². The van der Waals surface area contributed by atoms with E-state index in [4.69, 9.17) is 9.47 Å². The zero-order chi connectivity index (χ0) is 22.4. The van der Waals surface area contributed by atoms with E-state index >= 15 is 0 Å². The molecule has 3 aromatic rings. The van der Waals surface area contributed by atoms with Gasteiger partial charge in [-0.2, -0.15) is 0 Å². The first-order chi connectivity index (χ1) is 15.4. The van der Waals surface area contributed by atoms with Crippen LogP contribution >= 0.6 is 0 Å². The number of hydrogen-bond acceptors (Lipinski definition) is 4. The van der Waals surface area contributed by atoms with E-state index in [9.17, 15) is 14.0 Å². The van der Waals surface area contributed by atoms with E-state index in [1.165, 1.54) is 6.07 Å². The van der Waals surface area contributed by atoms with Crippen molar-refractivity contribution >= 4 is 18.0 Å². The summed E-state index contributed by atoms with van der Waals surface area (Å²) in [5, 5.41) is 2.60. The van der Waals surface area contributed by atoms with E-state index in [0.29, 0.717) is 11.5 Å². The normalized spacial score (nSPS) is 16.2. The predicted molar refractivity (Wildman–Crippen MR) is 115 cm³/mol. The first-order valence-corrected chi connectivity index (χ1v) is 10.1. The van der Waals surface area contributed by atoms with Gasteiger partial charge in [0.1, 0.15) is 11.5 Å². The van der Waals surface area contributed by atoms with Gasteiger partial charge in [-0.05, 0) is 49.8 Å². The smallest absolute Gasteiger partial charge is 0.329 e. The van der Waals surface area contributed by atoms with Crippen LogP contribution < -0.4 is 14.8 Å². The van der Waals surface area contributed by atoms with Crippen LogP contribution in [0.5, 0.6) is 11.5 Å². The van der Waals surface area contributed by atoms with E-state index in [1.807, 2.05) is 42.7 Å². The number of ether oxygens (including phenoxy) is 2. The van der Waals surface area contributed by atoms with Crippen LogP contribution in [0.2, 0.25) is 0 Å². The second-order valence-electron chi connectivity index (χ2n) is 7.67. The van der Waals surface area contributed by atoms with Crippen molar-refractivity contribution in [2.75, 3.05) is 6.79 Å². The number of carbonyl (C=O) groups excluding carboxylic acids is 2. The van der Waals surface area contributed by atoms with Crippen LogP contribution in [-0.4, -0.2) is 28.2 Å². The van der Waals surface area contributed by atoms with Gasteiger partial charge in [-0.3, -0.25) is 9.69 Å². The Labute approximate surface area is 183 Å². The molecule has 2 aliphatic rings. The highest BCUT2D eigenvalue weighted by Crippen LogP contribution is 2.35. The number of carbonyl (C=O) groups is 2. The first-order valence-electron chi connectivity index (χ1n) is 10.1. The number of aryl methyl sites for hydroxylation is 1. The highest BCUT2D eigenvalue weighted by molar-refractivity contribution is 6.14. The number of halogens is 1. The molecule has 1 N–H and O–H groups in total. The van der Waals surface area contributed by atoms with E-state index < -0.39 is 17.8 Å². The predicted octanol–water partition coefficient (Wildman–Crippen LogP) is 4.05. The summed E-state index contributed by atoms with van der Waals surface area (Å²) >= 11 is 0.